The van der Waals surface area contributed by atoms with Crippen LogP contribution in [0, 0.1) is 11.3 Å². The van der Waals surface area contributed by atoms with Gasteiger partial charge in [-0.3, -0.25) is 0 Å². The molecule has 0 aromatic heterocycles. The minimum Gasteiger partial charge on any atom is -0.379 e. The molecule has 1 aromatic carbocycles. The van der Waals surface area contributed by atoms with Crippen LogP contribution in [0.5, 0.6) is 0 Å². The average Bonchev–Trinajstić information content (AvgIpc) is 2.75. The molecule has 6 heteroatoms. The first-order chi connectivity index (χ1) is 8.84. The van der Waals surface area contributed by atoms with Gasteiger partial charge in [0.15, 0.2) is 0 Å². The lowest BCUT2D eigenvalue weighted by Gasteiger charge is -2.25. The van der Waals surface area contributed by atoms with Gasteiger partial charge in [0.05, 0.1) is 29.0 Å². The highest BCUT2D eigenvalue weighted by molar-refractivity contribution is 5.60. The Kier molecular flexibility index (Phi) is 3.42. The van der Waals surface area contributed by atoms with E-state index in [1.165, 1.54) is 6.07 Å². The standard InChI is InChI=1S/C13H13F3N2O/c1-12(4-5-19-8-12)18-11-3-2-10(13(14,15)16)6-9(11)7-17/h2-3,6,18H,4-5,8H2,1H3. The maximum Gasteiger partial charge on any atom is 0.416 e. The zero-order valence-electron chi connectivity index (χ0n) is 10.3. The number of ether oxygens (including phenoxy) is 1. The van der Waals surface area contributed by atoms with E-state index in [1.54, 1.807) is 6.07 Å². The summed E-state index contributed by atoms with van der Waals surface area (Å²) in [6, 6.07) is 4.93. The van der Waals surface area contributed by atoms with Gasteiger partial charge in [0, 0.05) is 6.61 Å². The minimum atomic E-state index is -4.44. The third-order valence-electron chi connectivity index (χ3n) is 3.12. The van der Waals surface area contributed by atoms with Crippen molar-refractivity contribution < 1.29 is 17.9 Å². The van der Waals surface area contributed by atoms with Crippen molar-refractivity contribution in [1.29, 1.82) is 5.26 Å². The van der Waals surface area contributed by atoms with Crippen molar-refractivity contribution in [2.45, 2.75) is 25.1 Å². The van der Waals surface area contributed by atoms with Gasteiger partial charge in [-0.2, -0.15) is 18.4 Å². The largest absolute Gasteiger partial charge is 0.416 e. The molecule has 1 unspecified atom stereocenters. The number of anilines is 1. The molecule has 1 atom stereocenters. The predicted molar refractivity (Wildman–Crippen MR) is 63.6 cm³/mol. The molecule has 0 radical (unpaired) electrons. The molecule has 1 aliphatic rings. The van der Waals surface area contributed by atoms with E-state index in [0.717, 1.165) is 18.6 Å². The van der Waals surface area contributed by atoms with Crippen LogP contribution in [0.15, 0.2) is 18.2 Å². The van der Waals surface area contributed by atoms with E-state index in [1.807, 2.05) is 6.92 Å². The Hall–Kier alpha value is -1.74. The van der Waals surface area contributed by atoms with Gasteiger partial charge in [0.25, 0.3) is 0 Å². The van der Waals surface area contributed by atoms with Crippen molar-refractivity contribution >= 4 is 5.69 Å². The number of nitrogens with zero attached hydrogens (tertiary/aromatic N) is 1. The first kappa shape index (κ1) is 13.7. The van der Waals surface area contributed by atoms with E-state index < -0.39 is 11.7 Å². The zero-order chi connectivity index (χ0) is 14.1. The Morgan fingerprint density at radius 1 is 1.42 bits per heavy atom. The molecule has 1 saturated heterocycles. The van der Waals surface area contributed by atoms with Crippen molar-refractivity contribution in [3.8, 4) is 6.07 Å². The lowest BCUT2D eigenvalue weighted by atomic mass is 10.00. The molecule has 0 amide bonds. The van der Waals surface area contributed by atoms with Crippen LogP contribution in [-0.2, 0) is 10.9 Å². The van der Waals surface area contributed by atoms with Crippen LogP contribution in [0.4, 0.5) is 18.9 Å². The second-order valence-corrected chi connectivity index (χ2v) is 4.86. The Bertz CT molecular complexity index is 514. The summed E-state index contributed by atoms with van der Waals surface area (Å²) in [6.07, 6.45) is -3.69. The first-order valence-electron chi connectivity index (χ1n) is 5.81. The Balaban J connectivity index is 2.29. The monoisotopic (exact) mass is 270 g/mol. The topological polar surface area (TPSA) is 45.0 Å². The van der Waals surface area contributed by atoms with Gasteiger partial charge in [-0.15, -0.1) is 0 Å². The second kappa shape index (κ2) is 4.74. The average molecular weight is 270 g/mol. The number of nitrogens with one attached hydrogen (secondary N) is 1. The fourth-order valence-electron chi connectivity index (χ4n) is 2.01. The number of hydrogen-bond acceptors (Lipinski definition) is 3. The smallest absolute Gasteiger partial charge is 0.379 e. The van der Waals surface area contributed by atoms with Gasteiger partial charge >= 0.3 is 6.18 Å². The number of benzene rings is 1. The molecule has 1 heterocycles. The molecular weight excluding hydrogens is 257 g/mol. The maximum atomic E-state index is 12.6. The van der Waals surface area contributed by atoms with E-state index in [0.29, 0.717) is 18.9 Å². The quantitative estimate of drug-likeness (QED) is 0.897. The molecule has 1 aliphatic heterocycles. The number of halogens is 3. The zero-order valence-corrected chi connectivity index (χ0v) is 10.3. The highest BCUT2D eigenvalue weighted by Gasteiger charge is 2.33. The van der Waals surface area contributed by atoms with Crippen LogP contribution >= 0.6 is 0 Å². The molecule has 0 spiro atoms. The second-order valence-electron chi connectivity index (χ2n) is 4.86. The molecule has 19 heavy (non-hydrogen) atoms. The number of alkyl halides is 3. The molecule has 1 aromatic rings. The summed E-state index contributed by atoms with van der Waals surface area (Å²) in [4.78, 5) is 0. The van der Waals surface area contributed by atoms with Crippen molar-refractivity contribution in [2.24, 2.45) is 0 Å². The lowest BCUT2D eigenvalue weighted by Crippen LogP contribution is -2.35. The minimum absolute atomic E-state index is 0.0112. The van der Waals surface area contributed by atoms with Gasteiger partial charge in [-0.05, 0) is 31.5 Å². The summed E-state index contributed by atoms with van der Waals surface area (Å²) in [5.41, 5.74) is -0.764. The van der Waals surface area contributed by atoms with Gasteiger partial charge in [-0.1, -0.05) is 0 Å². The van der Waals surface area contributed by atoms with Gasteiger partial charge in [0.2, 0.25) is 0 Å². The molecule has 0 bridgehead atoms. The summed E-state index contributed by atoms with van der Waals surface area (Å²) in [5, 5.41) is 12.1. The molecule has 1 N–H and O–H groups in total. The predicted octanol–water partition coefficient (Wildman–Crippen LogP) is 3.17. The van der Waals surface area contributed by atoms with Gasteiger partial charge in [-0.25, -0.2) is 0 Å². The molecule has 102 valence electrons. The van der Waals surface area contributed by atoms with Crippen molar-refractivity contribution in [2.75, 3.05) is 18.5 Å². The van der Waals surface area contributed by atoms with Crippen molar-refractivity contribution in [3.05, 3.63) is 29.3 Å². The van der Waals surface area contributed by atoms with Crippen LogP contribution in [-0.4, -0.2) is 18.8 Å². The Morgan fingerprint density at radius 2 is 2.16 bits per heavy atom. The van der Waals surface area contributed by atoms with Crippen LogP contribution < -0.4 is 5.32 Å². The summed E-state index contributed by atoms with van der Waals surface area (Å²) >= 11 is 0. The van der Waals surface area contributed by atoms with E-state index >= 15 is 0 Å². The maximum absolute atomic E-state index is 12.6. The highest BCUT2D eigenvalue weighted by Crippen LogP contribution is 2.33. The summed E-state index contributed by atoms with van der Waals surface area (Å²) in [7, 11) is 0. The molecule has 2 rings (SSSR count). The fourth-order valence-corrected chi connectivity index (χ4v) is 2.01. The van der Waals surface area contributed by atoms with Crippen molar-refractivity contribution in [1.82, 2.24) is 0 Å². The number of nitriles is 1. The number of rotatable bonds is 2. The summed E-state index contributed by atoms with van der Waals surface area (Å²) < 4.78 is 43.0. The van der Waals surface area contributed by atoms with Gasteiger partial charge in [0.1, 0.15) is 6.07 Å². The van der Waals surface area contributed by atoms with E-state index in [-0.39, 0.29) is 11.1 Å². The molecule has 0 saturated carbocycles. The van der Waals surface area contributed by atoms with Crippen molar-refractivity contribution in [3.63, 3.8) is 0 Å². The van der Waals surface area contributed by atoms with Crippen LogP contribution in [0.1, 0.15) is 24.5 Å². The molecule has 1 fully saturated rings. The van der Waals surface area contributed by atoms with Crippen LogP contribution in [0.2, 0.25) is 0 Å². The van der Waals surface area contributed by atoms with Gasteiger partial charge < -0.3 is 10.1 Å². The SMILES string of the molecule is CC1(Nc2ccc(C(F)(F)F)cc2C#N)CCOC1. The molecule has 0 aliphatic carbocycles. The number of hydrogen-bond donors (Lipinski definition) is 1. The van der Waals surface area contributed by atoms with E-state index in [4.69, 9.17) is 10.00 Å². The first-order valence-corrected chi connectivity index (χ1v) is 5.81. The third kappa shape index (κ3) is 2.99. The van der Waals surface area contributed by atoms with Crippen LogP contribution in [0.25, 0.3) is 0 Å². The fraction of sp³-hybridized carbons (Fsp3) is 0.462. The third-order valence-corrected chi connectivity index (χ3v) is 3.12. The van der Waals surface area contributed by atoms with E-state index in [2.05, 4.69) is 5.32 Å². The Labute approximate surface area is 109 Å². The van der Waals surface area contributed by atoms with E-state index in [9.17, 15) is 13.2 Å². The summed E-state index contributed by atoms with van der Waals surface area (Å²) in [5.74, 6) is 0. The molecular formula is C13H13F3N2O. The summed E-state index contributed by atoms with van der Waals surface area (Å²) in [6.45, 7) is 2.99. The van der Waals surface area contributed by atoms with Crippen LogP contribution in [0.3, 0.4) is 0 Å². The lowest BCUT2D eigenvalue weighted by molar-refractivity contribution is -0.137. The highest BCUT2D eigenvalue weighted by atomic mass is 19.4. The normalized spacial score (nSPS) is 23.1. The molecule has 3 nitrogen and oxygen atoms in total. The Morgan fingerprint density at radius 3 is 2.68 bits per heavy atom.